The summed E-state index contributed by atoms with van der Waals surface area (Å²) in [4.78, 5) is 11.4. The highest BCUT2D eigenvalue weighted by Gasteiger charge is 2.14. The first-order chi connectivity index (χ1) is 8.16. The lowest BCUT2D eigenvalue weighted by Crippen LogP contribution is -2.30. The zero-order valence-corrected chi connectivity index (χ0v) is 10.0. The van der Waals surface area contributed by atoms with Gasteiger partial charge in [0.2, 0.25) is 0 Å². The molecular formula is C13H18N2O2. The van der Waals surface area contributed by atoms with Crippen LogP contribution >= 0.6 is 0 Å². The molecule has 4 nitrogen and oxygen atoms in total. The van der Waals surface area contributed by atoms with Crippen molar-refractivity contribution >= 4 is 17.2 Å². The lowest BCUT2D eigenvalue weighted by molar-refractivity contribution is 0.0876. The van der Waals surface area contributed by atoms with Crippen LogP contribution in [0, 0.1) is 0 Å². The lowest BCUT2D eigenvalue weighted by atomic mass is 10.1. The molecule has 1 aliphatic rings. The second-order valence-electron chi connectivity index (χ2n) is 4.42. The minimum Gasteiger partial charge on any atom is -0.398 e. The van der Waals surface area contributed by atoms with Crippen LogP contribution in [0.25, 0.3) is 0 Å². The van der Waals surface area contributed by atoms with Crippen LogP contribution in [-0.4, -0.2) is 25.0 Å². The van der Waals surface area contributed by atoms with E-state index in [0.717, 1.165) is 31.7 Å². The fourth-order valence-corrected chi connectivity index (χ4v) is 2.04. The van der Waals surface area contributed by atoms with E-state index in [2.05, 4.69) is 5.32 Å². The summed E-state index contributed by atoms with van der Waals surface area (Å²) in [5, 5.41) is 3.37. The van der Waals surface area contributed by atoms with Crippen LogP contribution in [-0.2, 0) is 4.74 Å². The summed E-state index contributed by atoms with van der Waals surface area (Å²) in [6.07, 6.45) is 2.17. The van der Waals surface area contributed by atoms with Gasteiger partial charge in [-0.05, 0) is 38.0 Å². The highest BCUT2D eigenvalue weighted by atomic mass is 16.5. The summed E-state index contributed by atoms with van der Waals surface area (Å²) in [7, 11) is 0. The number of Topliss-reactive ketones (excluding diaryl/α,β-unsaturated/α-hetero) is 1. The van der Waals surface area contributed by atoms with Crippen molar-refractivity contribution in [3.05, 3.63) is 23.8 Å². The number of carbonyl (C=O) groups is 1. The largest absolute Gasteiger partial charge is 0.398 e. The number of benzene rings is 1. The summed E-state index contributed by atoms with van der Waals surface area (Å²) >= 11 is 0. The normalized spacial score (nSPS) is 19.9. The summed E-state index contributed by atoms with van der Waals surface area (Å²) in [6, 6.07) is 5.80. The van der Waals surface area contributed by atoms with E-state index in [1.807, 2.05) is 12.1 Å². The predicted molar refractivity (Wildman–Crippen MR) is 68.3 cm³/mol. The first-order valence-corrected chi connectivity index (χ1v) is 5.91. The maximum atomic E-state index is 11.4. The van der Waals surface area contributed by atoms with Gasteiger partial charge in [-0.3, -0.25) is 4.79 Å². The Kier molecular flexibility index (Phi) is 3.64. The molecule has 17 heavy (non-hydrogen) atoms. The molecule has 1 unspecified atom stereocenters. The smallest absolute Gasteiger partial charge is 0.161 e. The maximum absolute atomic E-state index is 11.4. The van der Waals surface area contributed by atoms with E-state index in [9.17, 15) is 4.79 Å². The Morgan fingerprint density at radius 2 is 2.35 bits per heavy atom. The van der Waals surface area contributed by atoms with Crippen molar-refractivity contribution in [1.29, 1.82) is 0 Å². The van der Waals surface area contributed by atoms with Crippen molar-refractivity contribution in [3.8, 4) is 0 Å². The van der Waals surface area contributed by atoms with Crippen LogP contribution in [0.5, 0.6) is 0 Å². The third kappa shape index (κ3) is 2.97. The van der Waals surface area contributed by atoms with Gasteiger partial charge >= 0.3 is 0 Å². The van der Waals surface area contributed by atoms with Crippen molar-refractivity contribution in [1.82, 2.24) is 0 Å². The monoisotopic (exact) mass is 234 g/mol. The third-order valence-corrected chi connectivity index (χ3v) is 2.96. The standard InChI is InChI=1S/C13H18N2O2/c1-9(16)12-7-10(4-5-13(12)14)15-11-3-2-6-17-8-11/h4-5,7,11,15H,2-3,6,8,14H2,1H3. The number of ether oxygens (including phenoxy) is 1. The topological polar surface area (TPSA) is 64.3 Å². The Labute approximate surface area is 101 Å². The maximum Gasteiger partial charge on any atom is 0.161 e. The van der Waals surface area contributed by atoms with Gasteiger partial charge in [0.05, 0.1) is 6.61 Å². The van der Waals surface area contributed by atoms with Gasteiger partial charge in [0.1, 0.15) is 0 Å². The molecule has 2 rings (SSSR count). The fourth-order valence-electron chi connectivity index (χ4n) is 2.04. The minimum atomic E-state index is -0.00829. The van der Waals surface area contributed by atoms with Crippen LogP contribution in [0.4, 0.5) is 11.4 Å². The average molecular weight is 234 g/mol. The Bertz CT molecular complexity index is 412. The molecular weight excluding hydrogens is 216 g/mol. The number of anilines is 2. The predicted octanol–water partition coefficient (Wildman–Crippen LogP) is 2.06. The molecule has 0 saturated carbocycles. The minimum absolute atomic E-state index is 0.00829. The van der Waals surface area contributed by atoms with Crippen molar-refractivity contribution in [2.24, 2.45) is 0 Å². The van der Waals surface area contributed by atoms with E-state index >= 15 is 0 Å². The number of hydrogen-bond acceptors (Lipinski definition) is 4. The molecule has 1 saturated heterocycles. The zero-order valence-electron chi connectivity index (χ0n) is 10.0. The molecule has 0 bridgehead atoms. The van der Waals surface area contributed by atoms with Crippen molar-refractivity contribution in [2.45, 2.75) is 25.8 Å². The van der Waals surface area contributed by atoms with Crippen LogP contribution in [0.2, 0.25) is 0 Å². The number of carbonyl (C=O) groups excluding carboxylic acids is 1. The van der Waals surface area contributed by atoms with Gasteiger partial charge in [-0.15, -0.1) is 0 Å². The molecule has 0 aliphatic carbocycles. The SMILES string of the molecule is CC(=O)c1cc(NC2CCCOC2)ccc1N. The molecule has 1 aromatic rings. The molecule has 92 valence electrons. The molecule has 1 aliphatic heterocycles. The molecule has 4 heteroatoms. The van der Waals surface area contributed by atoms with Crippen molar-refractivity contribution < 1.29 is 9.53 Å². The first kappa shape index (κ1) is 11.9. The van der Waals surface area contributed by atoms with E-state index in [-0.39, 0.29) is 5.78 Å². The van der Waals surface area contributed by atoms with Crippen LogP contribution in [0.1, 0.15) is 30.1 Å². The number of nitrogens with one attached hydrogen (secondary N) is 1. The van der Waals surface area contributed by atoms with Gasteiger partial charge in [-0.1, -0.05) is 0 Å². The van der Waals surface area contributed by atoms with E-state index in [0.29, 0.717) is 17.3 Å². The summed E-state index contributed by atoms with van der Waals surface area (Å²) in [5.41, 5.74) is 7.79. The molecule has 1 aromatic carbocycles. The Balaban J connectivity index is 2.10. The highest BCUT2D eigenvalue weighted by molar-refractivity contribution is 6.00. The Morgan fingerprint density at radius 3 is 3.00 bits per heavy atom. The highest BCUT2D eigenvalue weighted by Crippen LogP contribution is 2.20. The number of ketones is 1. The van der Waals surface area contributed by atoms with Gasteiger partial charge in [-0.25, -0.2) is 0 Å². The van der Waals surface area contributed by atoms with Crippen molar-refractivity contribution in [2.75, 3.05) is 24.3 Å². The summed E-state index contributed by atoms with van der Waals surface area (Å²) < 4.78 is 5.40. The second kappa shape index (κ2) is 5.19. The van der Waals surface area contributed by atoms with E-state index in [4.69, 9.17) is 10.5 Å². The van der Waals surface area contributed by atoms with Crippen LogP contribution < -0.4 is 11.1 Å². The molecule has 1 heterocycles. The van der Waals surface area contributed by atoms with E-state index < -0.39 is 0 Å². The summed E-state index contributed by atoms with van der Waals surface area (Å²) in [5.74, 6) is -0.00829. The van der Waals surface area contributed by atoms with Crippen molar-refractivity contribution in [3.63, 3.8) is 0 Å². The molecule has 0 spiro atoms. The number of nitrogens with two attached hydrogens (primary N) is 1. The van der Waals surface area contributed by atoms with Gasteiger partial charge in [0, 0.05) is 29.6 Å². The molecule has 0 amide bonds. The van der Waals surface area contributed by atoms with Gasteiger partial charge in [0.25, 0.3) is 0 Å². The van der Waals surface area contributed by atoms with E-state index in [1.165, 1.54) is 6.92 Å². The zero-order chi connectivity index (χ0) is 12.3. The molecule has 0 radical (unpaired) electrons. The fraction of sp³-hybridized carbons (Fsp3) is 0.462. The van der Waals surface area contributed by atoms with Crippen LogP contribution in [0.15, 0.2) is 18.2 Å². The first-order valence-electron chi connectivity index (χ1n) is 5.91. The average Bonchev–Trinajstić information content (AvgIpc) is 2.32. The second-order valence-corrected chi connectivity index (χ2v) is 4.42. The Hall–Kier alpha value is -1.55. The third-order valence-electron chi connectivity index (χ3n) is 2.96. The van der Waals surface area contributed by atoms with E-state index in [1.54, 1.807) is 6.07 Å². The molecule has 1 atom stereocenters. The number of hydrogen-bond donors (Lipinski definition) is 2. The quantitative estimate of drug-likeness (QED) is 0.620. The Morgan fingerprint density at radius 1 is 1.53 bits per heavy atom. The number of nitrogen functional groups attached to an aromatic ring is 1. The molecule has 0 aromatic heterocycles. The summed E-state index contributed by atoms with van der Waals surface area (Å²) in [6.45, 7) is 3.09. The molecule has 1 fully saturated rings. The number of rotatable bonds is 3. The van der Waals surface area contributed by atoms with Crippen LogP contribution in [0.3, 0.4) is 0 Å². The van der Waals surface area contributed by atoms with Gasteiger partial charge in [-0.2, -0.15) is 0 Å². The van der Waals surface area contributed by atoms with Gasteiger partial charge in [0.15, 0.2) is 5.78 Å². The van der Waals surface area contributed by atoms with Gasteiger partial charge < -0.3 is 15.8 Å². The molecule has 3 N–H and O–H groups in total. The lowest BCUT2D eigenvalue weighted by Gasteiger charge is -2.24.